The number of piperidine rings is 1. The van der Waals surface area contributed by atoms with Gasteiger partial charge >= 0.3 is 5.97 Å². The third-order valence-corrected chi connectivity index (χ3v) is 2.65. The summed E-state index contributed by atoms with van der Waals surface area (Å²) in [5.41, 5.74) is 0.984. The summed E-state index contributed by atoms with van der Waals surface area (Å²) in [5.74, 6) is 0.370. The smallest absolute Gasteiger partial charge is 0.309 e. The third-order valence-electron chi connectivity index (χ3n) is 2.65. The maximum Gasteiger partial charge on any atom is 0.309 e. The van der Waals surface area contributed by atoms with Crippen LogP contribution in [0, 0.1) is 0 Å². The van der Waals surface area contributed by atoms with Crippen molar-refractivity contribution < 1.29 is 9.53 Å². The van der Waals surface area contributed by atoms with Crippen molar-refractivity contribution in [2.75, 3.05) is 13.1 Å². The van der Waals surface area contributed by atoms with E-state index in [0.29, 0.717) is 5.92 Å². The topological polar surface area (TPSA) is 64.1 Å². The number of aromatic nitrogens is 2. The first-order chi connectivity index (χ1) is 7.75. The number of hydrogen-bond donors (Lipinski definition) is 1. The van der Waals surface area contributed by atoms with Gasteiger partial charge < -0.3 is 10.1 Å². The molecule has 0 aromatic carbocycles. The van der Waals surface area contributed by atoms with Crippen LogP contribution in [0.3, 0.4) is 0 Å². The Labute approximate surface area is 94.2 Å². The molecule has 1 aliphatic rings. The molecule has 16 heavy (non-hydrogen) atoms. The van der Waals surface area contributed by atoms with E-state index >= 15 is 0 Å². The number of rotatable bonds is 2. The Morgan fingerprint density at radius 1 is 1.38 bits per heavy atom. The Morgan fingerprint density at radius 2 is 2.12 bits per heavy atom. The molecule has 2 rings (SSSR count). The highest BCUT2D eigenvalue weighted by Gasteiger charge is 2.16. The lowest BCUT2D eigenvalue weighted by molar-refractivity contribution is -0.132. The maximum atomic E-state index is 10.7. The molecule has 0 atom stereocenters. The fourth-order valence-electron chi connectivity index (χ4n) is 1.85. The molecule has 2 heterocycles. The van der Waals surface area contributed by atoms with E-state index in [0.717, 1.165) is 31.6 Å². The molecule has 0 amide bonds. The fraction of sp³-hybridized carbons (Fsp3) is 0.545. The molecule has 0 saturated carbocycles. The van der Waals surface area contributed by atoms with Crippen LogP contribution in [0.25, 0.3) is 0 Å². The molecule has 5 heteroatoms. The molecule has 1 aliphatic heterocycles. The lowest BCUT2D eigenvalue weighted by Gasteiger charge is -2.21. The van der Waals surface area contributed by atoms with Crippen molar-refractivity contribution in [1.29, 1.82) is 0 Å². The normalized spacial score (nSPS) is 17.1. The quantitative estimate of drug-likeness (QED) is 0.751. The largest absolute Gasteiger partial charge is 0.406 e. The molecule has 5 nitrogen and oxygen atoms in total. The molecule has 0 unspecified atom stereocenters. The summed E-state index contributed by atoms with van der Waals surface area (Å²) in [6.45, 7) is 3.40. The molecule has 86 valence electrons. The van der Waals surface area contributed by atoms with Crippen LogP contribution < -0.4 is 10.1 Å². The van der Waals surface area contributed by atoms with Gasteiger partial charge in [-0.3, -0.25) is 9.78 Å². The monoisotopic (exact) mass is 221 g/mol. The Hall–Kier alpha value is -1.49. The van der Waals surface area contributed by atoms with Gasteiger partial charge in [-0.05, 0) is 25.9 Å². The van der Waals surface area contributed by atoms with Crippen molar-refractivity contribution >= 4 is 5.97 Å². The molecule has 0 radical (unpaired) electrons. The zero-order chi connectivity index (χ0) is 11.4. The zero-order valence-corrected chi connectivity index (χ0v) is 9.27. The number of esters is 1. The van der Waals surface area contributed by atoms with Crippen LogP contribution in [-0.4, -0.2) is 29.0 Å². The average molecular weight is 221 g/mol. The van der Waals surface area contributed by atoms with Crippen LogP contribution >= 0.6 is 0 Å². The van der Waals surface area contributed by atoms with Crippen LogP contribution in [0.5, 0.6) is 5.88 Å². The second-order valence-electron chi connectivity index (χ2n) is 3.90. The first-order valence-electron chi connectivity index (χ1n) is 5.47. The summed E-state index contributed by atoms with van der Waals surface area (Å²) in [5, 5.41) is 3.30. The van der Waals surface area contributed by atoms with Gasteiger partial charge in [0.25, 0.3) is 0 Å². The fourth-order valence-corrected chi connectivity index (χ4v) is 1.85. The van der Waals surface area contributed by atoms with Crippen LogP contribution in [-0.2, 0) is 4.79 Å². The van der Waals surface area contributed by atoms with E-state index < -0.39 is 0 Å². The molecular formula is C11H15N3O2. The first kappa shape index (κ1) is 11.0. The van der Waals surface area contributed by atoms with Gasteiger partial charge in [0, 0.05) is 12.8 Å². The minimum Gasteiger partial charge on any atom is -0.406 e. The van der Waals surface area contributed by atoms with E-state index in [9.17, 15) is 4.79 Å². The summed E-state index contributed by atoms with van der Waals surface area (Å²) in [6, 6.07) is 0. The number of ether oxygens (including phenoxy) is 1. The van der Waals surface area contributed by atoms with Gasteiger partial charge in [-0.1, -0.05) is 0 Å². The molecular weight excluding hydrogens is 206 g/mol. The summed E-state index contributed by atoms with van der Waals surface area (Å²) in [4.78, 5) is 19.1. The van der Waals surface area contributed by atoms with Crippen LogP contribution in [0.15, 0.2) is 12.4 Å². The molecule has 0 aliphatic carbocycles. The predicted molar refractivity (Wildman–Crippen MR) is 58.2 cm³/mol. The van der Waals surface area contributed by atoms with Crippen molar-refractivity contribution in [2.45, 2.75) is 25.7 Å². The summed E-state index contributed by atoms with van der Waals surface area (Å²) in [6.07, 6.45) is 5.39. The van der Waals surface area contributed by atoms with Crippen molar-refractivity contribution in [3.8, 4) is 5.88 Å². The van der Waals surface area contributed by atoms with E-state index in [-0.39, 0.29) is 11.8 Å². The van der Waals surface area contributed by atoms with Crippen LogP contribution in [0.2, 0.25) is 0 Å². The van der Waals surface area contributed by atoms with Gasteiger partial charge in [0.05, 0.1) is 18.1 Å². The SMILES string of the molecule is CC(=O)Oc1cnc(C2CCNCC2)cn1. The van der Waals surface area contributed by atoms with E-state index in [1.54, 1.807) is 6.20 Å². The van der Waals surface area contributed by atoms with Crippen molar-refractivity contribution in [3.63, 3.8) is 0 Å². The van der Waals surface area contributed by atoms with Crippen LogP contribution in [0.4, 0.5) is 0 Å². The second-order valence-corrected chi connectivity index (χ2v) is 3.90. The standard InChI is InChI=1S/C11H15N3O2/c1-8(15)16-11-7-13-10(6-14-11)9-2-4-12-5-3-9/h6-7,9,12H,2-5H2,1H3. The van der Waals surface area contributed by atoms with E-state index in [1.165, 1.54) is 13.1 Å². The third kappa shape index (κ3) is 2.76. The molecule has 1 aromatic rings. The van der Waals surface area contributed by atoms with Gasteiger partial charge in [-0.15, -0.1) is 0 Å². The summed E-state index contributed by atoms with van der Waals surface area (Å²) >= 11 is 0. The highest BCUT2D eigenvalue weighted by molar-refractivity contribution is 5.68. The van der Waals surface area contributed by atoms with Gasteiger partial charge in [-0.2, -0.15) is 0 Å². The van der Waals surface area contributed by atoms with Gasteiger partial charge in [0.1, 0.15) is 0 Å². The van der Waals surface area contributed by atoms with E-state index in [2.05, 4.69) is 15.3 Å². The average Bonchev–Trinajstić information content (AvgIpc) is 2.30. The van der Waals surface area contributed by atoms with E-state index in [4.69, 9.17) is 4.74 Å². The summed E-state index contributed by atoms with van der Waals surface area (Å²) < 4.78 is 4.83. The molecule has 1 aromatic heterocycles. The number of hydrogen-bond acceptors (Lipinski definition) is 5. The van der Waals surface area contributed by atoms with Crippen LogP contribution in [0.1, 0.15) is 31.4 Å². The van der Waals surface area contributed by atoms with Crippen molar-refractivity contribution in [2.24, 2.45) is 0 Å². The number of nitrogens with one attached hydrogen (secondary N) is 1. The number of carbonyl (C=O) groups excluding carboxylic acids is 1. The lowest BCUT2D eigenvalue weighted by atomic mass is 9.95. The van der Waals surface area contributed by atoms with Crippen molar-refractivity contribution in [3.05, 3.63) is 18.1 Å². The minimum atomic E-state index is -0.371. The highest BCUT2D eigenvalue weighted by Crippen LogP contribution is 2.23. The zero-order valence-electron chi connectivity index (χ0n) is 9.27. The molecule has 1 fully saturated rings. The predicted octanol–water partition coefficient (Wildman–Crippen LogP) is 0.869. The van der Waals surface area contributed by atoms with E-state index in [1.807, 2.05) is 0 Å². The highest BCUT2D eigenvalue weighted by atomic mass is 16.5. The Bertz CT molecular complexity index is 358. The summed E-state index contributed by atoms with van der Waals surface area (Å²) in [7, 11) is 0. The van der Waals surface area contributed by atoms with Gasteiger partial charge in [-0.25, -0.2) is 4.98 Å². The Balaban J connectivity index is 2.03. The van der Waals surface area contributed by atoms with Gasteiger partial charge in [0.15, 0.2) is 0 Å². The lowest BCUT2D eigenvalue weighted by Crippen LogP contribution is -2.27. The van der Waals surface area contributed by atoms with Gasteiger partial charge in [0.2, 0.25) is 5.88 Å². The maximum absolute atomic E-state index is 10.7. The molecule has 1 saturated heterocycles. The minimum absolute atomic E-state index is 0.269. The first-order valence-corrected chi connectivity index (χ1v) is 5.47. The molecule has 0 spiro atoms. The molecule has 0 bridgehead atoms. The second kappa shape index (κ2) is 5.03. The molecule has 1 N–H and O–H groups in total. The Morgan fingerprint density at radius 3 is 2.69 bits per heavy atom. The van der Waals surface area contributed by atoms with Crippen molar-refractivity contribution in [1.82, 2.24) is 15.3 Å². The number of carbonyl (C=O) groups is 1. The Kier molecular flexibility index (Phi) is 3.46. The number of nitrogens with zero attached hydrogens (tertiary/aromatic N) is 2.